The number of hydrogen-bond donors (Lipinski definition) is 1. The van der Waals surface area contributed by atoms with E-state index in [1.54, 1.807) is 6.07 Å². The van der Waals surface area contributed by atoms with Crippen LogP contribution in [0.5, 0.6) is 0 Å². The fourth-order valence-corrected chi connectivity index (χ4v) is 5.43. The highest BCUT2D eigenvalue weighted by Gasteiger charge is 2.32. The van der Waals surface area contributed by atoms with Crippen LogP contribution in [0.2, 0.25) is 0 Å². The molecular formula is C14H16N2O2S2. The Hall–Kier alpha value is -1.37. The number of thiophene rings is 1. The van der Waals surface area contributed by atoms with Gasteiger partial charge in [0.05, 0.1) is 5.69 Å². The van der Waals surface area contributed by atoms with Crippen LogP contribution in [0.1, 0.15) is 10.4 Å². The van der Waals surface area contributed by atoms with E-state index in [1.165, 1.54) is 15.6 Å². The fraction of sp³-hybridized carbons (Fsp3) is 0.286. The highest BCUT2D eigenvalue weighted by atomic mass is 32.2. The molecule has 0 amide bonds. The third-order valence-electron chi connectivity index (χ3n) is 3.40. The Morgan fingerprint density at radius 3 is 2.70 bits per heavy atom. The van der Waals surface area contributed by atoms with Gasteiger partial charge >= 0.3 is 0 Å². The Morgan fingerprint density at radius 1 is 1.25 bits per heavy atom. The lowest BCUT2D eigenvalue weighted by Crippen LogP contribution is -2.45. The van der Waals surface area contributed by atoms with Gasteiger partial charge in [-0.05, 0) is 37.1 Å². The van der Waals surface area contributed by atoms with Gasteiger partial charge in [-0.25, -0.2) is 8.42 Å². The van der Waals surface area contributed by atoms with E-state index in [0.29, 0.717) is 17.2 Å². The number of fused-ring (bicyclic) bond motifs is 1. The zero-order chi connectivity index (χ0) is 14.3. The van der Waals surface area contributed by atoms with Gasteiger partial charge in [0, 0.05) is 17.5 Å². The Labute approximate surface area is 122 Å². The van der Waals surface area contributed by atoms with Crippen LogP contribution >= 0.6 is 11.3 Å². The van der Waals surface area contributed by atoms with Crippen LogP contribution in [0.15, 0.2) is 40.6 Å². The summed E-state index contributed by atoms with van der Waals surface area (Å²) in [5.41, 5.74) is 7.76. The summed E-state index contributed by atoms with van der Waals surface area (Å²) in [4.78, 5) is 0.984. The van der Waals surface area contributed by atoms with E-state index in [9.17, 15) is 8.42 Å². The summed E-state index contributed by atoms with van der Waals surface area (Å²) in [6, 6.07) is 10.9. The van der Waals surface area contributed by atoms with Gasteiger partial charge in [-0.2, -0.15) is 0 Å². The standard InChI is InChI=1S/C14H16N2O2S2/c1-10-6-7-14(19-10)20(17,18)16-9-12(15)8-11-4-2-3-5-13(11)16/h2-7,12H,8-9,15H2,1H3. The first-order chi connectivity index (χ1) is 9.48. The molecule has 1 atom stereocenters. The summed E-state index contributed by atoms with van der Waals surface area (Å²) >= 11 is 1.29. The first kappa shape index (κ1) is 13.6. The molecule has 106 valence electrons. The first-order valence-electron chi connectivity index (χ1n) is 6.41. The van der Waals surface area contributed by atoms with E-state index in [-0.39, 0.29) is 6.04 Å². The molecule has 0 radical (unpaired) electrons. The molecule has 2 aromatic rings. The maximum Gasteiger partial charge on any atom is 0.273 e. The van der Waals surface area contributed by atoms with E-state index < -0.39 is 10.0 Å². The predicted octanol–water partition coefficient (Wildman–Crippen LogP) is 2.14. The Bertz CT molecular complexity index is 737. The average Bonchev–Trinajstić information content (AvgIpc) is 2.85. The molecule has 1 aliphatic rings. The van der Waals surface area contributed by atoms with Crippen molar-refractivity contribution in [3.63, 3.8) is 0 Å². The molecule has 1 aromatic heterocycles. The lowest BCUT2D eigenvalue weighted by Gasteiger charge is -2.33. The van der Waals surface area contributed by atoms with Crippen LogP contribution in [0.3, 0.4) is 0 Å². The van der Waals surface area contributed by atoms with Crippen molar-refractivity contribution in [2.45, 2.75) is 23.6 Å². The Kier molecular flexibility index (Phi) is 3.32. The van der Waals surface area contributed by atoms with Gasteiger partial charge in [-0.15, -0.1) is 11.3 Å². The van der Waals surface area contributed by atoms with E-state index in [2.05, 4.69) is 0 Å². The second-order valence-corrected chi connectivity index (χ2v) is 8.37. The number of benzene rings is 1. The van der Waals surface area contributed by atoms with Gasteiger partial charge in [0.2, 0.25) is 0 Å². The molecule has 0 saturated heterocycles. The lowest BCUT2D eigenvalue weighted by molar-refractivity contribution is 0.577. The monoisotopic (exact) mass is 308 g/mol. The number of nitrogens with zero attached hydrogens (tertiary/aromatic N) is 1. The number of nitrogens with two attached hydrogens (primary N) is 1. The fourth-order valence-electron chi connectivity index (χ4n) is 2.47. The molecule has 3 rings (SSSR count). The van der Waals surface area contributed by atoms with Gasteiger partial charge < -0.3 is 5.73 Å². The Morgan fingerprint density at radius 2 is 2.00 bits per heavy atom. The molecule has 1 aliphatic heterocycles. The molecule has 0 bridgehead atoms. The van der Waals surface area contributed by atoms with Crippen molar-refractivity contribution in [3.05, 3.63) is 46.8 Å². The predicted molar refractivity (Wildman–Crippen MR) is 81.7 cm³/mol. The molecule has 20 heavy (non-hydrogen) atoms. The molecule has 2 N–H and O–H groups in total. The van der Waals surface area contributed by atoms with Crippen LogP contribution in [-0.2, 0) is 16.4 Å². The average molecular weight is 308 g/mol. The number of hydrogen-bond acceptors (Lipinski definition) is 4. The van der Waals surface area contributed by atoms with Gasteiger partial charge in [-0.3, -0.25) is 4.31 Å². The second-order valence-electron chi connectivity index (χ2n) is 4.99. The molecule has 1 unspecified atom stereocenters. The van der Waals surface area contributed by atoms with Crippen LogP contribution in [0.4, 0.5) is 5.69 Å². The van der Waals surface area contributed by atoms with Crippen molar-refractivity contribution in [1.29, 1.82) is 0 Å². The topological polar surface area (TPSA) is 63.4 Å². The van der Waals surface area contributed by atoms with Gasteiger partial charge in [0.1, 0.15) is 4.21 Å². The minimum atomic E-state index is -3.52. The van der Waals surface area contributed by atoms with Crippen LogP contribution in [0, 0.1) is 6.92 Å². The van der Waals surface area contributed by atoms with Crippen LogP contribution in [0.25, 0.3) is 0 Å². The van der Waals surface area contributed by atoms with Gasteiger partial charge in [0.25, 0.3) is 10.0 Å². The maximum atomic E-state index is 12.8. The highest BCUT2D eigenvalue weighted by Crippen LogP contribution is 2.33. The molecule has 0 saturated carbocycles. The molecule has 1 aromatic carbocycles. The van der Waals surface area contributed by atoms with Crippen molar-refractivity contribution in [2.75, 3.05) is 10.8 Å². The van der Waals surface area contributed by atoms with E-state index in [4.69, 9.17) is 5.73 Å². The molecular weight excluding hydrogens is 292 g/mol. The SMILES string of the molecule is Cc1ccc(S(=O)(=O)N2CC(N)Cc3ccccc32)s1. The summed E-state index contributed by atoms with van der Waals surface area (Å²) in [5.74, 6) is 0. The second kappa shape index (κ2) is 4.87. The summed E-state index contributed by atoms with van der Waals surface area (Å²) in [6.07, 6.45) is 0.714. The van der Waals surface area contributed by atoms with E-state index in [1.807, 2.05) is 37.3 Å². The smallest absolute Gasteiger partial charge is 0.273 e. The summed E-state index contributed by atoms with van der Waals surface area (Å²) < 4.78 is 27.4. The number of para-hydroxylation sites is 1. The lowest BCUT2D eigenvalue weighted by atomic mass is 10.0. The molecule has 2 heterocycles. The van der Waals surface area contributed by atoms with Crippen LogP contribution < -0.4 is 10.0 Å². The van der Waals surface area contributed by atoms with Crippen LogP contribution in [-0.4, -0.2) is 21.0 Å². The molecule has 4 nitrogen and oxygen atoms in total. The third-order valence-corrected chi connectivity index (χ3v) is 6.65. The minimum absolute atomic E-state index is 0.166. The summed E-state index contributed by atoms with van der Waals surface area (Å²) in [5, 5.41) is 0. The number of aryl methyl sites for hydroxylation is 1. The largest absolute Gasteiger partial charge is 0.326 e. The first-order valence-corrected chi connectivity index (χ1v) is 8.67. The van der Waals surface area contributed by atoms with Crippen molar-refractivity contribution < 1.29 is 8.42 Å². The molecule has 6 heteroatoms. The zero-order valence-electron chi connectivity index (χ0n) is 11.1. The van der Waals surface area contributed by atoms with E-state index >= 15 is 0 Å². The molecule has 0 spiro atoms. The highest BCUT2D eigenvalue weighted by molar-refractivity contribution is 7.94. The zero-order valence-corrected chi connectivity index (χ0v) is 12.7. The van der Waals surface area contributed by atoms with Crippen molar-refractivity contribution in [2.24, 2.45) is 5.73 Å². The number of rotatable bonds is 2. The van der Waals surface area contributed by atoms with E-state index in [0.717, 1.165) is 16.1 Å². The summed E-state index contributed by atoms with van der Waals surface area (Å²) in [6.45, 7) is 2.23. The third kappa shape index (κ3) is 2.24. The van der Waals surface area contributed by atoms with Crippen molar-refractivity contribution in [1.82, 2.24) is 0 Å². The van der Waals surface area contributed by atoms with Crippen molar-refractivity contribution in [3.8, 4) is 0 Å². The summed E-state index contributed by atoms with van der Waals surface area (Å²) in [7, 11) is -3.52. The van der Waals surface area contributed by atoms with Gasteiger partial charge in [0.15, 0.2) is 0 Å². The normalized spacial score (nSPS) is 18.9. The Balaban J connectivity index is 2.10. The van der Waals surface area contributed by atoms with Gasteiger partial charge in [-0.1, -0.05) is 18.2 Å². The number of sulfonamides is 1. The molecule has 0 aliphatic carbocycles. The quantitative estimate of drug-likeness (QED) is 0.924. The minimum Gasteiger partial charge on any atom is -0.326 e. The molecule has 0 fully saturated rings. The number of anilines is 1. The maximum absolute atomic E-state index is 12.8. The van der Waals surface area contributed by atoms with Crippen molar-refractivity contribution >= 4 is 27.0 Å².